The molecule has 8 heteroatoms. The number of hydrogen-bond acceptors (Lipinski definition) is 6. The van der Waals surface area contributed by atoms with Gasteiger partial charge in [-0.3, -0.25) is 9.58 Å². The molecule has 1 N–H and O–H groups in total. The molecule has 0 bridgehead atoms. The average molecular weight is 361 g/mol. The van der Waals surface area contributed by atoms with Crippen molar-refractivity contribution in [3.63, 3.8) is 0 Å². The van der Waals surface area contributed by atoms with Crippen LogP contribution in [0.5, 0.6) is 0 Å². The van der Waals surface area contributed by atoms with Crippen LogP contribution in [0.3, 0.4) is 0 Å². The van der Waals surface area contributed by atoms with E-state index in [-0.39, 0.29) is 6.04 Å². The second-order valence-electron chi connectivity index (χ2n) is 6.73. The normalized spacial score (nSPS) is 17.1. The van der Waals surface area contributed by atoms with Gasteiger partial charge in [0.15, 0.2) is 11.6 Å². The Morgan fingerprint density at radius 2 is 2.11 bits per heavy atom. The molecule has 0 aliphatic carbocycles. The molecule has 0 fully saturated rings. The SMILES string of the molecule is Cn1cc(CN2CCc3[nH]cnc3[C@@H]2c2cnc(-c3ccco3)nc2)cn1. The Morgan fingerprint density at radius 1 is 1.22 bits per heavy atom. The number of aromatic nitrogens is 6. The predicted molar refractivity (Wildman–Crippen MR) is 97.5 cm³/mol. The zero-order valence-electron chi connectivity index (χ0n) is 14.9. The monoisotopic (exact) mass is 361 g/mol. The van der Waals surface area contributed by atoms with Gasteiger partial charge in [-0.25, -0.2) is 15.0 Å². The summed E-state index contributed by atoms with van der Waals surface area (Å²) >= 11 is 0. The van der Waals surface area contributed by atoms with Gasteiger partial charge in [-0.2, -0.15) is 5.10 Å². The maximum Gasteiger partial charge on any atom is 0.195 e. The lowest BCUT2D eigenvalue weighted by atomic mass is 9.97. The summed E-state index contributed by atoms with van der Waals surface area (Å²) in [6, 6.07) is 3.70. The van der Waals surface area contributed by atoms with E-state index in [9.17, 15) is 0 Å². The summed E-state index contributed by atoms with van der Waals surface area (Å²) in [7, 11) is 1.93. The third-order valence-electron chi connectivity index (χ3n) is 4.90. The highest BCUT2D eigenvalue weighted by Gasteiger charge is 2.31. The van der Waals surface area contributed by atoms with Crippen LogP contribution in [-0.2, 0) is 20.0 Å². The Bertz CT molecular complexity index is 1030. The summed E-state index contributed by atoms with van der Waals surface area (Å²) in [6.07, 6.45) is 12.0. The third-order valence-corrected chi connectivity index (χ3v) is 4.90. The fourth-order valence-electron chi connectivity index (χ4n) is 3.66. The smallest absolute Gasteiger partial charge is 0.195 e. The Labute approximate surface area is 155 Å². The van der Waals surface area contributed by atoms with Crippen LogP contribution in [-0.4, -0.2) is 41.2 Å². The molecule has 0 amide bonds. The minimum Gasteiger partial charge on any atom is -0.461 e. The molecule has 5 rings (SSSR count). The van der Waals surface area contributed by atoms with Crippen molar-refractivity contribution in [3.05, 3.63) is 72.0 Å². The van der Waals surface area contributed by atoms with Crippen LogP contribution in [0.25, 0.3) is 11.6 Å². The van der Waals surface area contributed by atoms with Crippen LogP contribution in [0.2, 0.25) is 0 Å². The van der Waals surface area contributed by atoms with Crippen molar-refractivity contribution in [3.8, 4) is 11.6 Å². The molecule has 1 aliphatic rings. The lowest BCUT2D eigenvalue weighted by Gasteiger charge is -2.34. The lowest BCUT2D eigenvalue weighted by Crippen LogP contribution is -2.36. The Morgan fingerprint density at radius 3 is 2.85 bits per heavy atom. The van der Waals surface area contributed by atoms with Gasteiger partial charge in [-0.1, -0.05) is 0 Å². The maximum atomic E-state index is 5.39. The Balaban J connectivity index is 1.49. The van der Waals surface area contributed by atoms with Crippen LogP contribution >= 0.6 is 0 Å². The molecule has 0 saturated heterocycles. The number of aryl methyl sites for hydroxylation is 1. The first-order chi connectivity index (χ1) is 13.3. The van der Waals surface area contributed by atoms with E-state index in [1.165, 1.54) is 11.3 Å². The fraction of sp³-hybridized carbons (Fsp3) is 0.263. The number of H-pyrrole nitrogens is 1. The number of rotatable bonds is 4. The van der Waals surface area contributed by atoms with Crippen molar-refractivity contribution in [1.29, 1.82) is 0 Å². The third kappa shape index (κ3) is 2.93. The van der Waals surface area contributed by atoms with Crippen molar-refractivity contribution in [2.75, 3.05) is 6.54 Å². The minimum atomic E-state index is 0.00542. The van der Waals surface area contributed by atoms with Gasteiger partial charge in [0.1, 0.15) is 0 Å². The number of hydrogen-bond donors (Lipinski definition) is 1. The van der Waals surface area contributed by atoms with Crippen molar-refractivity contribution in [2.45, 2.75) is 19.0 Å². The van der Waals surface area contributed by atoms with E-state index in [1.807, 2.05) is 48.6 Å². The molecule has 4 aromatic rings. The van der Waals surface area contributed by atoms with E-state index < -0.39 is 0 Å². The van der Waals surface area contributed by atoms with E-state index in [4.69, 9.17) is 4.42 Å². The summed E-state index contributed by atoms with van der Waals surface area (Å²) in [6.45, 7) is 1.72. The van der Waals surface area contributed by atoms with Crippen LogP contribution in [0.15, 0.2) is 53.9 Å². The average Bonchev–Trinajstić information content (AvgIpc) is 3.44. The summed E-state index contributed by atoms with van der Waals surface area (Å²) < 4.78 is 7.22. The van der Waals surface area contributed by atoms with Gasteiger partial charge < -0.3 is 9.40 Å². The highest BCUT2D eigenvalue weighted by Crippen LogP contribution is 2.34. The van der Waals surface area contributed by atoms with Gasteiger partial charge in [0, 0.05) is 62.0 Å². The first kappa shape index (κ1) is 16.0. The van der Waals surface area contributed by atoms with E-state index in [1.54, 1.807) is 12.6 Å². The second kappa shape index (κ2) is 6.48. The van der Waals surface area contributed by atoms with E-state index >= 15 is 0 Å². The largest absolute Gasteiger partial charge is 0.461 e. The van der Waals surface area contributed by atoms with Crippen molar-refractivity contribution < 1.29 is 4.42 Å². The molecule has 0 spiro atoms. The maximum absolute atomic E-state index is 5.39. The molecule has 0 radical (unpaired) electrons. The van der Waals surface area contributed by atoms with Gasteiger partial charge in [0.25, 0.3) is 0 Å². The highest BCUT2D eigenvalue weighted by atomic mass is 16.3. The number of imidazole rings is 1. The number of nitrogens with one attached hydrogen (secondary N) is 1. The van der Waals surface area contributed by atoms with E-state index in [0.717, 1.165) is 30.8 Å². The first-order valence-corrected chi connectivity index (χ1v) is 8.87. The molecule has 27 heavy (non-hydrogen) atoms. The summed E-state index contributed by atoms with van der Waals surface area (Å²) in [5, 5.41) is 4.29. The predicted octanol–water partition coefficient (Wildman–Crippen LogP) is 2.34. The van der Waals surface area contributed by atoms with Crippen LogP contribution < -0.4 is 0 Å². The zero-order chi connectivity index (χ0) is 18.2. The number of nitrogens with zero attached hydrogens (tertiary/aromatic N) is 6. The quantitative estimate of drug-likeness (QED) is 0.600. The molecule has 8 nitrogen and oxygen atoms in total. The molecule has 4 aromatic heterocycles. The van der Waals surface area contributed by atoms with Crippen LogP contribution in [0, 0.1) is 0 Å². The molecular formula is C19H19N7O. The molecule has 0 aromatic carbocycles. The summed E-state index contributed by atoms with van der Waals surface area (Å²) in [5.74, 6) is 1.25. The standard InChI is InChI=1S/C19H19N7O/c1-25-10-13(7-24-25)11-26-5-4-15-17(23-12-22-15)18(26)14-8-20-19(21-9-14)16-3-2-6-27-16/h2-3,6-10,12,18H,4-5,11H2,1H3,(H,22,23)/t18-/m0/s1. The minimum absolute atomic E-state index is 0.00542. The Kier molecular flexibility index (Phi) is 3.83. The van der Waals surface area contributed by atoms with Gasteiger partial charge >= 0.3 is 0 Å². The van der Waals surface area contributed by atoms with Crippen LogP contribution in [0.1, 0.15) is 28.6 Å². The van der Waals surface area contributed by atoms with Gasteiger partial charge in [0.05, 0.1) is 30.5 Å². The van der Waals surface area contributed by atoms with Crippen molar-refractivity contribution in [2.24, 2.45) is 7.05 Å². The van der Waals surface area contributed by atoms with Gasteiger partial charge in [-0.15, -0.1) is 0 Å². The number of furan rings is 1. The number of fused-ring (bicyclic) bond motifs is 1. The lowest BCUT2D eigenvalue weighted by molar-refractivity contribution is 0.199. The molecule has 1 atom stereocenters. The van der Waals surface area contributed by atoms with Crippen molar-refractivity contribution >= 4 is 0 Å². The molecule has 1 aliphatic heterocycles. The zero-order valence-corrected chi connectivity index (χ0v) is 14.9. The summed E-state index contributed by atoms with van der Waals surface area (Å²) in [5.41, 5.74) is 4.41. The van der Waals surface area contributed by atoms with E-state index in [2.05, 4.69) is 29.9 Å². The highest BCUT2D eigenvalue weighted by molar-refractivity contribution is 5.46. The molecule has 5 heterocycles. The topological polar surface area (TPSA) is 88.7 Å². The van der Waals surface area contributed by atoms with E-state index in [0.29, 0.717) is 11.6 Å². The fourth-order valence-corrected chi connectivity index (χ4v) is 3.66. The molecule has 136 valence electrons. The number of aromatic amines is 1. The second-order valence-corrected chi connectivity index (χ2v) is 6.73. The first-order valence-electron chi connectivity index (χ1n) is 8.87. The molecule has 0 unspecified atom stereocenters. The van der Waals surface area contributed by atoms with Crippen molar-refractivity contribution in [1.82, 2.24) is 34.6 Å². The Hall–Kier alpha value is -3.26. The molecule has 0 saturated carbocycles. The summed E-state index contributed by atoms with van der Waals surface area (Å²) in [4.78, 5) is 19.3. The van der Waals surface area contributed by atoms with Gasteiger partial charge in [0.2, 0.25) is 0 Å². The van der Waals surface area contributed by atoms with Crippen LogP contribution in [0.4, 0.5) is 0 Å². The molecular weight excluding hydrogens is 342 g/mol. The van der Waals surface area contributed by atoms with Gasteiger partial charge in [-0.05, 0) is 12.1 Å².